The first-order chi connectivity index (χ1) is 11.4. The number of para-hydroxylation sites is 2. The fourth-order valence-electron chi connectivity index (χ4n) is 3.05. The fourth-order valence-corrected chi connectivity index (χ4v) is 3.79. The smallest absolute Gasteiger partial charge is 0.138 e. The number of benzene rings is 1. The maximum Gasteiger partial charge on any atom is 0.138 e. The SMILES string of the molecule is c1ccc2c(c1)nc(CNc1ncnc3sccc13)n2C1CC1. The van der Waals surface area contributed by atoms with Crippen molar-refractivity contribution in [3.63, 3.8) is 0 Å². The van der Waals surface area contributed by atoms with E-state index in [9.17, 15) is 0 Å². The summed E-state index contributed by atoms with van der Waals surface area (Å²) in [7, 11) is 0. The molecule has 23 heavy (non-hydrogen) atoms. The van der Waals surface area contributed by atoms with Crippen LogP contribution in [0.2, 0.25) is 0 Å². The van der Waals surface area contributed by atoms with Gasteiger partial charge in [0, 0.05) is 6.04 Å². The predicted molar refractivity (Wildman–Crippen MR) is 92.7 cm³/mol. The van der Waals surface area contributed by atoms with Crippen LogP contribution in [0.1, 0.15) is 24.7 Å². The van der Waals surface area contributed by atoms with Gasteiger partial charge in [-0.2, -0.15) is 0 Å². The summed E-state index contributed by atoms with van der Waals surface area (Å²) >= 11 is 1.63. The summed E-state index contributed by atoms with van der Waals surface area (Å²) in [5.41, 5.74) is 2.30. The van der Waals surface area contributed by atoms with Crippen molar-refractivity contribution in [2.75, 3.05) is 5.32 Å². The molecule has 0 radical (unpaired) electrons. The molecule has 114 valence electrons. The average Bonchev–Trinajstić information content (AvgIpc) is 3.17. The van der Waals surface area contributed by atoms with Gasteiger partial charge in [0.05, 0.1) is 23.0 Å². The first-order valence-electron chi connectivity index (χ1n) is 7.78. The Kier molecular flexibility index (Phi) is 2.84. The van der Waals surface area contributed by atoms with Crippen LogP contribution in [0.5, 0.6) is 0 Å². The fraction of sp³-hybridized carbons (Fsp3) is 0.235. The van der Waals surface area contributed by atoms with Crippen LogP contribution in [0.25, 0.3) is 21.3 Å². The lowest BCUT2D eigenvalue weighted by Crippen LogP contribution is -2.09. The van der Waals surface area contributed by atoms with E-state index < -0.39 is 0 Å². The lowest BCUT2D eigenvalue weighted by atomic mass is 10.3. The van der Waals surface area contributed by atoms with Gasteiger partial charge >= 0.3 is 0 Å². The number of hydrogen-bond donors (Lipinski definition) is 1. The second-order valence-electron chi connectivity index (χ2n) is 5.83. The van der Waals surface area contributed by atoms with Crippen molar-refractivity contribution in [3.05, 3.63) is 47.9 Å². The highest BCUT2D eigenvalue weighted by Crippen LogP contribution is 2.38. The van der Waals surface area contributed by atoms with Gasteiger partial charge in [0.2, 0.25) is 0 Å². The summed E-state index contributed by atoms with van der Waals surface area (Å²) in [6.07, 6.45) is 4.11. The van der Waals surface area contributed by atoms with Crippen LogP contribution in [0, 0.1) is 0 Å². The number of nitrogens with one attached hydrogen (secondary N) is 1. The molecule has 5 nitrogen and oxygen atoms in total. The van der Waals surface area contributed by atoms with Gasteiger partial charge in [-0.1, -0.05) is 12.1 Å². The summed E-state index contributed by atoms with van der Waals surface area (Å²) in [6, 6.07) is 11.0. The summed E-state index contributed by atoms with van der Waals surface area (Å²) < 4.78 is 2.38. The lowest BCUT2D eigenvalue weighted by Gasteiger charge is -2.09. The van der Waals surface area contributed by atoms with Gasteiger partial charge in [0.1, 0.15) is 22.8 Å². The number of thiophene rings is 1. The van der Waals surface area contributed by atoms with Crippen LogP contribution < -0.4 is 5.32 Å². The van der Waals surface area contributed by atoms with Crippen molar-refractivity contribution >= 4 is 38.4 Å². The molecule has 1 aliphatic rings. The maximum absolute atomic E-state index is 4.82. The zero-order valence-electron chi connectivity index (χ0n) is 12.4. The number of nitrogens with zero attached hydrogens (tertiary/aromatic N) is 4. The topological polar surface area (TPSA) is 55.6 Å². The molecule has 0 bridgehead atoms. The second-order valence-corrected chi connectivity index (χ2v) is 6.73. The van der Waals surface area contributed by atoms with E-state index >= 15 is 0 Å². The van der Waals surface area contributed by atoms with Crippen LogP contribution >= 0.6 is 11.3 Å². The molecule has 0 saturated heterocycles. The predicted octanol–water partition coefficient (Wildman–Crippen LogP) is 3.99. The zero-order chi connectivity index (χ0) is 15.2. The third kappa shape index (κ3) is 2.17. The Morgan fingerprint density at radius 2 is 2.09 bits per heavy atom. The summed E-state index contributed by atoms with van der Waals surface area (Å²) in [5, 5.41) is 6.57. The standard InChI is InChI=1S/C17H15N5S/c1-2-4-14-13(3-1)21-15(22(14)11-5-6-11)9-18-16-12-7-8-23-17(12)20-10-19-16/h1-4,7-8,10-11H,5-6,9H2,(H,18,19,20). The van der Waals surface area contributed by atoms with Gasteiger partial charge in [-0.05, 0) is 36.4 Å². The maximum atomic E-state index is 4.82. The minimum atomic E-state index is 0.603. The third-order valence-electron chi connectivity index (χ3n) is 4.26. The zero-order valence-corrected chi connectivity index (χ0v) is 13.3. The van der Waals surface area contributed by atoms with Gasteiger partial charge < -0.3 is 9.88 Å². The number of anilines is 1. The van der Waals surface area contributed by atoms with Crippen LogP contribution in [-0.2, 0) is 6.54 Å². The Bertz CT molecular complexity index is 998. The summed E-state index contributed by atoms with van der Waals surface area (Å²) in [4.78, 5) is 14.5. The number of rotatable bonds is 4. The van der Waals surface area contributed by atoms with Crippen LogP contribution in [0.3, 0.4) is 0 Å². The van der Waals surface area contributed by atoms with Gasteiger partial charge in [-0.15, -0.1) is 11.3 Å². The van der Waals surface area contributed by atoms with Crippen LogP contribution in [-0.4, -0.2) is 19.5 Å². The Hall–Kier alpha value is -2.47. The largest absolute Gasteiger partial charge is 0.362 e. The minimum absolute atomic E-state index is 0.603. The normalized spacial score (nSPS) is 14.6. The van der Waals surface area contributed by atoms with E-state index in [4.69, 9.17) is 4.98 Å². The van der Waals surface area contributed by atoms with Crippen molar-refractivity contribution in [2.24, 2.45) is 0 Å². The number of aromatic nitrogens is 4. The van der Waals surface area contributed by atoms with E-state index in [1.54, 1.807) is 17.7 Å². The summed E-state index contributed by atoms with van der Waals surface area (Å²) in [6.45, 7) is 0.674. The van der Waals surface area contributed by atoms with E-state index in [1.165, 1.54) is 18.4 Å². The number of fused-ring (bicyclic) bond motifs is 2. The Morgan fingerprint density at radius 1 is 1.17 bits per heavy atom. The molecule has 3 heterocycles. The molecule has 3 aromatic heterocycles. The second kappa shape index (κ2) is 5.03. The molecule has 0 unspecified atom stereocenters. The van der Waals surface area contributed by atoms with Crippen LogP contribution in [0.15, 0.2) is 42.0 Å². The van der Waals surface area contributed by atoms with Crippen molar-refractivity contribution in [2.45, 2.75) is 25.4 Å². The van der Waals surface area contributed by atoms with Crippen molar-refractivity contribution in [1.29, 1.82) is 0 Å². The quantitative estimate of drug-likeness (QED) is 0.617. The van der Waals surface area contributed by atoms with Crippen molar-refractivity contribution in [1.82, 2.24) is 19.5 Å². The molecule has 1 saturated carbocycles. The number of hydrogen-bond acceptors (Lipinski definition) is 5. The molecule has 1 aliphatic carbocycles. The first kappa shape index (κ1) is 13.0. The highest BCUT2D eigenvalue weighted by molar-refractivity contribution is 7.16. The van der Waals surface area contributed by atoms with Gasteiger partial charge in [-0.3, -0.25) is 0 Å². The Balaban J connectivity index is 1.52. The molecule has 6 heteroatoms. The summed E-state index contributed by atoms with van der Waals surface area (Å²) in [5.74, 6) is 1.96. The molecular weight excluding hydrogens is 306 g/mol. The van der Waals surface area contributed by atoms with Crippen molar-refractivity contribution < 1.29 is 0 Å². The molecule has 1 aromatic carbocycles. The van der Waals surface area contributed by atoms with Gasteiger partial charge in [0.25, 0.3) is 0 Å². The monoisotopic (exact) mass is 321 g/mol. The molecule has 1 fully saturated rings. The Labute approximate surface area is 137 Å². The highest BCUT2D eigenvalue weighted by Gasteiger charge is 2.27. The highest BCUT2D eigenvalue weighted by atomic mass is 32.1. The van der Waals surface area contributed by atoms with Crippen molar-refractivity contribution in [3.8, 4) is 0 Å². The molecule has 1 N–H and O–H groups in total. The molecule has 0 amide bonds. The van der Waals surface area contributed by atoms with E-state index in [1.807, 2.05) is 11.4 Å². The average molecular weight is 321 g/mol. The van der Waals surface area contributed by atoms with Gasteiger partial charge in [-0.25, -0.2) is 15.0 Å². The van der Waals surface area contributed by atoms with Crippen LogP contribution in [0.4, 0.5) is 5.82 Å². The van der Waals surface area contributed by atoms with E-state index in [0.29, 0.717) is 12.6 Å². The molecule has 0 aliphatic heterocycles. The van der Waals surface area contributed by atoms with E-state index in [2.05, 4.69) is 44.1 Å². The lowest BCUT2D eigenvalue weighted by molar-refractivity contribution is 0.711. The minimum Gasteiger partial charge on any atom is -0.362 e. The molecule has 5 rings (SSSR count). The van der Waals surface area contributed by atoms with Gasteiger partial charge in [0.15, 0.2) is 0 Å². The molecule has 0 spiro atoms. The number of imidazole rings is 1. The van der Waals surface area contributed by atoms with E-state index in [-0.39, 0.29) is 0 Å². The molecule has 0 atom stereocenters. The third-order valence-corrected chi connectivity index (χ3v) is 5.08. The molecule has 4 aromatic rings. The first-order valence-corrected chi connectivity index (χ1v) is 8.66. The molecular formula is C17H15N5S. The van der Waals surface area contributed by atoms with E-state index in [0.717, 1.165) is 27.4 Å². The Morgan fingerprint density at radius 3 is 3.00 bits per heavy atom.